The van der Waals surface area contributed by atoms with Crippen molar-refractivity contribution in [1.29, 1.82) is 0 Å². The van der Waals surface area contributed by atoms with E-state index in [1.165, 1.54) is 0 Å². The highest BCUT2D eigenvalue weighted by Crippen LogP contribution is 2.36. The van der Waals surface area contributed by atoms with E-state index in [2.05, 4.69) is 16.8 Å². The zero-order valence-corrected chi connectivity index (χ0v) is 20.4. The normalized spacial score (nSPS) is 20.4. The number of rotatable bonds is 11. The topological polar surface area (TPSA) is 82.9 Å². The number of nitrogens with zero attached hydrogens (tertiary/aromatic N) is 2. The molecule has 1 aliphatic heterocycles. The van der Waals surface area contributed by atoms with E-state index < -0.39 is 18.0 Å². The van der Waals surface area contributed by atoms with Crippen molar-refractivity contribution in [3.8, 4) is 5.75 Å². The van der Waals surface area contributed by atoms with Crippen LogP contribution in [0.2, 0.25) is 5.02 Å². The minimum Gasteiger partial charge on any atom is -0.497 e. The lowest BCUT2D eigenvalue weighted by atomic mass is 9.81. The molecule has 1 aromatic carbocycles. The maximum absolute atomic E-state index is 12.0. The lowest BCUT2D eigenvalue weighted by molar-refractivity contribution is -0.146. The number of aliphatic hydroxyl groups excluding tert-OH is 1. The van der Waals surface area contributed by atoms with Gasteiger partial charge in [0.25, 0.3) is 0 Å². The Balaban J connectivity index is 1.66. The van der Waals surface area contributed by atoms with Crippen LogP contribution in [0.15, 0.2) is 24.4 Å². The number of likely N-dealkylation sites (tertiary alicyclic amines) is 1. The second-order valence-electron chi connectivity index (χ2n) is 8.40. The third-order valence-electron chi connectivity index (χ3n) is 6.27. The van der Waals surface area contributed by atoms with Gasteiger partial charge in [-0.15, -0.1) is 0 Å². The quantitative estimate of drug-likeness (QED) is 0.443. The molecule has 1 fully saturated rings. The molecule has 176 valence electrons. The van der Waals surface area contributed by atoms with Crippen LogP contribution in [0.4, 0.5) is 0 Å². The number of carboxylic acids is 1. The number of aliphatic hydroxyl groups is 1. The van der Waals surface area contributed by atoms with E-state index in [0.29, 0.717) is 35.7 Å². The zero-order chi connectivity index (χ0) is 23.1. The zero-order valence-electron chi connectivity index (χ0n) is 18.8. The van der Waals surface area contributed by atoms with Crippen LogP contribution < -0.4 is 4.74 Å². The number of halogens is 1. The summed E-state index contributed by atoms with van der Waals surface area (Å²) in [4.78, 5) is 18.6. The average molecular weight is 481 g/mol. The van der Waals surface area contributed by atoms with Gasteiger partial charge in [-0.1, -0.05) is 18.5 Å². The van der Waals surface area contributed by atoms with E-state index in [1.807, 2.05) is 30.0 Å². The highest BCUT2D eigenvalue weighted by atomic mass is 35.5. The summed E-state index contributed by atoms with van der Waals surface area (Å²) in [5, 5.41) is 22.0. The predicted molar refractivity (Wildman–Crippen MR) is 131 cm³/mol. The molecule has 2 N–H and O–H groups in total. The summed E-state index contributed by atoms with van der Waals surface area (Å²) in [6, 6.07) is 5.50. The molecule has 0 amide bonds. The number of pyridine rings is 1. The SMILES string of the molecule is CCCSCCN1CC[C@H](CC[C@H](O)c2c(Cl)cnc3ccc(OC)cc23)[C@H](C(=O)O)C1. The number of methoxy groups -OCH3 is 1. The van der Waals surface area contributed by atoms with Gasteiger partial charge in [0.2, 0.25) is 0 Å². The van der Waals surface area contributed by atoms with Crippen LogP contribution in [0.25, 0.3) is 10.9 Å². The van der Waals surface area contributed by atoms with Gasteiger partial charge in [-0.2, -0.15) is 11.8 Å². The standard InChI is InChI=1S/C24H33ClN2O4S/c1-3-11-32-12-10-27-9-8-16(19(15-27)24(29)30)4-7-22(28)23-18-13-17(31-2)5-6-21(18)26-14-20(23)25/h5-6,13-14,16,19,22,28H,3-4,7-12,15H2,1-2H3,(H,29,30)/t16-,19+,22-/m0/s1. The van der Waals surface area contributed by atoms with E-state index in [-0.39, 0.29) is 5.92 Å². The smallest absolute Gasteiger partial charge is 0.308 e. The van der Waals surface area contributed by atoms with Gasteiger partial charge in [0, 0.05) is 36.0 Å². The Morgan fingerprint density at radius 1 is 1.41 bits per heavy atom. The maximum Gasteiger partial charge on any atom is 0.308 e. The molecule has 1 saturated heterocycles. The number of fused-ring (bicyclic) bond motifs is 1. The van der Waals surface area contributed by atoms with Crippen LogP contribution in [-0.2, 0) is 4.79 Å². The number of piperidine rings is 1. The van der Waals surface area contributed by atoms with Gasteiger partial charge in [-0.3, -0.25) is 9.78 Å². The van der Waals surface area contributed by atoms with Crippen molar-refractivity contribution in [2.75, 3.05) is 38.2 Å². The van der Waals surface area contributed by atoms with Crippen molar-refractivity contribution in [2.45, 2.75) is 38.7 Å². The van der Waals surface area contributed by atoms with Crippen LogP contribution in [0.1, 0.15) is 44.3 Å². The lowest BCUT2D eigenvalue weighted by Gasteiger charge is -2.37. The summed E-state index contributed by atoms with van der Waals surface area (Å²) >= 11 is 8.34. The monoisotopic (exact) mass is 480 g/mol. The molecule has 8 heteroatoms. The molecule has 3 atom stereocenters. The molecule has 1 aliphatic rings. The first kappa shape index (κ1) is 25.1. The fourth-order valence-electron chi connectivity index (χ4n) is 4.49. The Morgan fingerprint density at radius 2 is 2.22 bits per heavy atom. The molecular formula is C24H33ClN2O4S. The van der Waals surface area contributed by atoms with Crippen molar-refractivity contribution in [3.05, 3.63) is 35.0 Å². The summed E-state index contributed by atoms with van der Waals surface area (Å²) in [6.45, 7) is 4.60. The van der Waals surface area contributed by atoms with E-state index >= 15 is 0 Å². The first-order chi connectivity index (χ1) is 15.4. The summed E-state index contributed by atoms with van der Waals surface area (Å²) < 4.78 is 5.32. The second-order valence-corrected chi connectivity index (χ2v) is 10.0. The number of hydrogen-bond donors (Lipinski definition) is 2. The largest absolute Gasteiger partial charge is 0.497 e. The maximum atomic E-state index is 12.0. The van der Waals surface area contributed by atoms with Gasteiger partial charge in [-0.25, -0.2) is 0 Å². The minimum absolute atomic E-state index is 0.0445. The Labute approximate surface area is 199 Å². The van der Waals surface area contributed by atoms with Crippen molar-refractivity contribution in [2.24, 2.45) is 11.8 Å². The number of carbonyl (C=O) groups is 1. The molecule has 0 radical (unpaired) electrons. The van der Waals surface area contributed by atoms with Gasteiger partial charge in [0.1, 0.15) is 5.75 Å². The molecule has 3 rings (SSSR count). The Kier molecular flexibility index (Phi) is 9.46. The third kappa shape index (κ3) is 6.28. The average Bonchev–Trinajstić information content (AvgIpc) is 2.80. The Morgan fingerprint density at radius 3 is 2.94 bits per heavy atom. The van der Waals surface area contributed by atoms with Crippen molar-refractivity contribution < 1.29 is 19.7 Å². The number of hydrogen-bond acceptors (Lipinski definition) is 6. The number of ether oxygens (including phenoxy) is 1. The lowest BCUT2D eigenvalue weighted by Crippen LogP contribution is -2.44. The molecular weight excluding hydrogens is 448 g/mol. The first-order valence-electron chi connectivity index (χ1n) is 11.3. The molecule has 1 aromatic heterocycles. The number of aromatic nitrogens is 1. The van der Waals surface area contributed by atoms with E-state index in [1.54, 1.807) is 13.3 Å². The number of aliphatic carboxylic acids is 1. The van der Waals surface area contributed by atoms with E-state index in [0.717, 1.165) is 48.3 Å². The van der Waals surface area contributed by atoms with E-state index in [9.17, 15) is 15.0 Å². The van der Waals surface area contributed by atoms with Crippen LogP contribution in [-0.4, -0.2) is 64.3 Å². The number of carboxylic acid groups (broad SMARTS) is 1. The summed E-state index contributed by atoms with van der Waals surface area (Å²) in [5.41, 5.74) is 1.37. The molecule has 32 heavy (non-hydrogen) atoms. The van der Waals surface area contributed by atoms with Crippen LogP contribution in [0.3, 0.4) is 0 Å². The van der Waals surface area contributed by atoms with Crippen molar-refractivity contribution in [1.82, 2.24) is 9.88 Å². The van der Waals surface area contributed by atoms with E-state index in [4.69, 9.17) is 16.3 Å². The van der Waals surface area contributed by atoms with Crippen LogP contribution >= 0.6 is 23.4 Å². The fourth-order valence-corrected chi connectivity index (χ4v) is 5.64. The molecule has 2 aromatic rings. The predicted octanol–water partition coefficient (Wildman–Crippen LogP) is 4.88. The fraction of sp³-hybridized carbons (Fsp3) is 0.583. The number of thioether (sulfide) groups is 1. The molecule has 0 bridgehead atoms. The molecule has 6 nitrogen and oxygen atoms in total. The molecule has 0 unspecified atom stereocenters. The van der Waals surface area contributed by atoms with Crippen LogP contribution in [0.5, 0.6) is 5.75 Å². The van der Waals surface area contributed by atoms with Gasteiger partial charge >= 0.3 is 5.97 Å². The summed E-state index contributed by atoms with van der Waals surface area (Å²) in [7, 11) is 1.59. The number of benzene rings is 1. The van der Waals surface area contributed by atoms with Gasteiger partial charge in [0.15, 0.2) is 0 Å². The molecule has 2 heterocycles. The highest BCUT2D eigenvalue weighted by molar-refractivity contribution is 7.99. The van der Waals surface area contributed by atoms with Crippen LogP contribution in [0, 0.1) is 11.8 Å². The highest BCUT2D eigenvalue weighted by Gasteiger charge is 2.34. The first-order valence-corrected chi connectivity index (χ1v) is 12.8. The summed E-state index contributed by atoms with van der Waals surface area (Å²) in [6.07, 6.45) is 3.86. The summed E-state index contributed by atoms with van der Waals surface area (Å²) in [5.74, 6) is 1.76. The second kappa shape index (κ2) is 12.1. The molecule has 0 spiro atoms. The van der Waals surface area contributed by atoms with Gasteiger partial charge in [0.05, 0.1) is 29.7 Å². The van der Waals surface area contributed by atoms with Crippen molar-refractivity contribution in [3.63, 3.8) is 0 Å². The van der Waals surface area contributed by atoms with Gasteiger partial charge < -0.3 is 19.8 Å². The Bertz CT molecular complexity index is 913. The third-order valence-corrected chi connectivity index (χ3v) is 7.74. The van der Waals surface area contributed by atoms with Crippen molar-refractivity contribution >= 4 is 40.2 Å². The molecule has 0 saturated carbocycles. The Hall–Kier alpha value is -1.54. The molecule has 0 aliphatic carbocycles. The van der Waals surface area contributed by atoms with Gasteiger partial charge in [-0.05, 0) is 62.1 Å². The minimum atomic E-state index is -0.793.